The molecule has 1 heterocycles. The van der Waals surface area contributed by atoms with Crippen LogP contribution in [0.1, 0.15) is 46.0 Å². The normalized spacial score (nSPS) is 26.5. The Kier molecular flexibility index (Phi) is 4.74. The Bertz CT molecular complexity index is 138. The summed E-state index contributed by atoms with van der Waals surface area (Å²) >= 11 is 0. The summed E-state index contributed by atoms with van der Waals surface area (Å²) in [6, 6.07) is 0. The van der Waals surface area contributed by atoms with E-state index in [1.165, 1.54) is 25.7 Å². The van der Waals surface area contributed by atoms with Crippen LogP contribution in [0.15, 0.2) is 0 Å². The lowest BCUT2D eigenvalue weighted by atomic mass is 10.0. The van der Waals surface area contributed by atoms with Gasteiger partial charge in [-0.15, -0.1) is 0 Å². The molecule has 0 saturated carbocycles. The van der Waals surface area contributed by atoms with E-state index in [1.54, 1.807) is 0 Å². The van der Waals surface area contributed by atoms with Gasteiger partial charge in [0.1, 0.15) is 6.23 Å². The number of hydrogen-bond donors (Lipinski definition) is 1. The largest absolute Gasteiger partial charge is 0.378 e. The summed E-state index contributed by atoms with van der Waals surface area (Å²) in [7, 11) is 0. The van der Waals surface area contributed by atoms with E-state index in [9.17, 15) is 5.11 Å². The molecule has 0 radical (unpaired) electrons. The molecule has 1 rings (SSSR count). The third-order valence-electron chi connectivity index (χ3n) is 3.17. The first-order valence-electron chi connectivity index (χ1n) is 5.66. The molecule has 1 aliphatic rings. The average Bonchev–Trinajstić information content (AvgIpc) is 2.52. The second-order valence-corrected chi connectivity index (χ2v) is 4.31. The molecule has 0 bridgehead atoms. The van der Waals surface area contributed by atoms with Crippen molar-refractivity contribution in [2.24, 2.45) is 5.92 Å². The molecule has 0 spiro atoms. The van der Waals surface area contributed by atoms with Crippen LogP contribution in [0.5, 0.6) is 0 Å². The highest BCUT2D eigenvalue weighted by atomic mass is 16.3. The van der Waals surface area contributed by atoms with E-state index < -0.39 is 0 Å². The highest BCUT2D eigenvalue weighted by Crippen LogP contribution is 2.16. The van der Waals surface area contributed by atoms with Crippen molar-refractivity contribution in [3.05, 3.63) is 0 Å². The Morgan fingerprint density at radius 1 is 1.54 bits per heavy atom. The first kappa shape index (κ1) is 11.0. The lowest BCUT2D eigenvalue weighted by Gasteiger charge is -2.20. The quantitative estimate of drug-likeness (QED) is 0.710. The monoisotopic (exact) mass is 185 g/mol. The first-order valence-corrected chi connectivity index (χ1v) is 5.66. The van der Waals surface area contributed by atoms with Crippen molar-refractivity contribution in [2.75, 3.05) is 13.1 Å². The van der Waals surface area contributed by atoms with Gasteiger partial charge in [0.2, 0.25) is 0 Å². The van der Waals surface area contributed by atoms with Crippen molar-refractivity contribution in [1.29, 1.82) is 0 Å². The van der Waals surface area contributed by atoms with Gasteiger partial charge in [-0.05, 0) is 31.6 Å². The zero-order valence-electron chi connectivity index (χ0n) is 9.00. The molecule has 0 aliphatic carbocycles. The highest BCUT2D eigenvalue weighted by molar-refractivity contribution is 4.70. The maximum atomic E-state index is 9.54. The Labute approximate surface area is 81.9 Å². The van der Waals surface area contributed by atoms with Crippen molar-refractivity contribution in [3.8, 4) is 0 Å². The highest BCUT2D eigenvalue weighted by Gasteiger charge is 2.20. The summed E-state index contributed by atoms with van der Waals surface area (Å²) in [6.07, 6.45) is 5.83. The summed E-state index contributed by atoms with van der Waals surface area (Å²) in [6.45, 7) is 6.74. The molecule has 1 unspecified atom stereocenters. The van der Waals surface area contributed by atoms with Gasteiger partial charge in [-0.2, -0.15) is 0 Å². The Morgan fingerprint density at radius 2 is 2.31 bits per heavy atom. The van der Waals surface area contributed by atoms with E-state index in [1.807, 2.05) is 0 Å². The molecule has 0 aromatic carbocycles. The van der Waals surface area contributed by atoms with Crippen LogP contribution in [0.25, 0.3) is 0 Å². The molecule has 1 N–H and O–H groups in total. The summed E-state index contributed by atoms with van der Waals surface area (Å²) in [5.41, 5.74) is 0. The Morgan fingerprint density at radius 3 is 2.85 bits per heavy atom. The van der Waals surface area contributed by atoms with Crippen molar-refractivity contribution in [2.45, 2.75) is 52.2 Å². The predicted molar refractivity (Wildman–Crippen MR) is 55.5 cm³/mol. The molecule has 1 fully saturated rings. The number of hydrogen-bond acceptors (Lipinski definition) is 2. The fourth-order valence-electron chi connectivity index (χ4n) is 1.92. The molecule has 78 valence electrons. The Hall–Kier alpha value is -0.0800. The lowest BCUT2D eigenvalue weighted by molar-refractivity contribution is 0.0366. The van der Waals surface area contributed by atoms with E-state index in [2.05, 4.69) is 18.7 Å². The van der Waals surface area contributed by atoms with E-state index in [0.717, 1.165) is 25.4 Å². The van der Waals surface area contributed by atoms with Gasteiger partial charge >= 0.3 is 0 Å². The van der Waals surface area contributed by atoms with Gasteiger partial charge in [-0.1, -0.05) is 20.3 Å². The van der Waals surface area contributed by atoms with E-state index in [0.29, 0.717) is 0 Å². The zero-order valence-corrected chi connectivity index (χ0v) is 9.00. The van der Waals surface area contributed by atoms with Gasteiger partial charge < -0.3 is 5.11 Å². The number of rotatable bonds is 5. The van der Waals surface area contributed by atoms with Crippen LogP contribution in [0, 0.1) is 5.92 Å². The summed E-state index contributed by atoms with van der Waals surface area (Å²) in [5, 5.41) is 9.54. The minimum absolute atomic E-state index is 0.142. The third kappa shape index (κ3) is 3.65. The van der Waals surface area contributed by atoms with Gasteiger partial charge in [0.25, 0.3) is 0 Å². The average molecular weight is 185 g/mol. The smallest absolute Gasteiger partial charge is 0.107 e. The van der Waals surface area contributed by atoms with Crippen molar-refractivity contribution in [3.63, 3.8) is 0 Å². The fraction of sp³-hybridized carbons (Fsp3) is 1.00. The standard InChI is InChI=1S/C11H23NO/c1-3-10(2)6-4-8-12-9-5-7-11(12)13/h10-11,13H,3-9H2,1-2H3/t10-,11?/m1/s1. The van der Waals surface area contributed by atoms with E-state index >= 15 is 0 Å². The first-order chi connectivity index (χ1) is 6.24. The van der Waals surface area contributed by atoms with Crippen LogP contribution in [0.2, 0.25) is 0 Å². The Balaban J connectivity index is 2.05. The lowest BCUT2D eigenvalue weighted by Crippen LogP contribution is -2.30. The van der Waals surface area contributed by atoms with Gasteiger partial charge in [-0.25, -0.2) is 0 Å². The summed E-state index contributed by atoms with van der Waals surface area (Å²) < 4.78 is 0. The van der Waals surface area contributed by atoms with Crippen molar-refractivity contribution < 1.29 is 5.11 Å². The molecular formula is C11H23NO. The van der Waals surface area contributed by atoms with Crippen molar-refractivity contribution in [1.82, 2.24) is 4.90 Å². The van der Waals surface area contributed by atoms with E-state index in [-0.39, 0.29) is 6.23 Å². The number of likely N-dealkylation sites (tertiary alicyclic amines) is 1. The van der Waals surface area contributed by atoms with Gasteiger partial charge in [0.05, 0.1) is 0 Å². The predicted octanol–water partition coefficient (Wildman–Crippen LogP) is 2.23. The van der Waals surface area contributed by atoms with E-state index in [4.69, 9.17) is 0 Å². The van der Waals surface area contributed by atoms with Crippen LogP contribution in [-0.2, 0) is 0 Å². The molecule has 2 nitrogen and oxygen atoms in total. The summed E-state index contributed by atoms with van der Waals surface area (Å²) in [4.78, 5) is 2.21. The van der Waals surface area contributed by atoms with Gasteiger partial charge in [0, 0.05) is 13.1 Å². The molecule has 1 saturated heterocycles. The summed E-state index contributed by atoms with van der Waals surface area (Å²) in [5.74, 6) is 0.847. The fourth-order valence-corrected chi connectivity index (χ4v) is 1.92. The molecule has 0 aromatic heterocycles. The van der Waals surface area contributed by atoms with Gasteiger partial charge in [-0.3, -0.25) is 4.90 Å². The molecule has 0 amide bonds. The SMILES string of the molecule is CC[C@@H](C)CCCN1CCCC1O. The van der Waals surface area contributed by atoms with Crippen LogP contribution >= 0.6 is 0 Å². The second-order valence-electron chi connectivity index (χ2n) is 4.31. The van der Waals surface area contributed by atoms with Gasteiger partial charge in [0.15, 0.2) is 0 Å². The second kappa shape index (κ2) is 5.61. The zero-order chi connectivity index (χ0) is 9.68. The maximum absolute atomic E-state index is 9.54. The van der Waals surface area contributed by atoms with Crippen LogP contribution in [0.3, 0.4) is 0 Å². The molecule has 13 heavy (non-hydrogen) atoms. The van der Waals surface area contributed by atoms with Crippen LogP contribution in [0.4, 0.5) is 0 Å². The van der Waals surface area contributed by atoms with Crippen LogP contribution < -0.4 is 0 Å². The number of aliphatic hydroxyl groups excluding tert-OH is 1. The minimum atomic E-state index is -0.142. The number of nitrogens with zero attached hydrogens (tertiary/aromatic N) is 1. The van der Waals surface area contributed by atoms with Crippen molar-refractivity contribution >= 4 is 0 Å². The molecular weight excluding hydrogens is 162 g/mol. The maximum Gasteiger partial charge on any atom is 0.107 e. The topological polar surface area (TPSA) is 23.5 Å². The number of aliphatic hydroxyl groups is 1. The van der Waals surface area contributed by atoms with Crippen LogP contribution in [-0.4, -0.2) is 29.3 Å². The third-order valence-corrected chi connectivity index (χ3v) is 3.17. The molecule has 1 aliphatic heterocycles. The molecule has 2 atom stereocenters. The molecule has 0 aromatic rings. The minimum Gasteiger partial charge on any atom is -0.378 e. The molecule has 2 heteroatoms.